The molecule has 12 heteroatoms. The zero-order chi connectivity index (χ0) is 23.3. The molecule has 2 atom stereocenters. The van der Waals surface area contributed by atoms with Gasteiger partial charge in [0.05, 0.1) is 11.3 Å². The van der Waals surface area contributed by atoms with Crippen molar-refractivity contribution in [2.24, 2.45) is 0 Å². The molecule has 3 amide bonds. The van der Waals surface area contributed by atoms with Gasteiger partial charge in [0, 0.05) is 24.7 Å². The normalized spacial score (nSPS) is 21.5. The number of pyridine rings is 1. The molecule has 0 bridgehead atoms. The SMILES string of the molecule is COC(C)(C)C1SC(S(=N)(=O)NC(=O)O)=CN1C(=O)Nc1c2c(nc3c1CCC3)CCC2. The van der Waals surface area contributed by atoms with E-state index in [0.717, 1.165) is 78.5 Å². The van der Waals surface area contributed by atoms with Crippen molar-refractivity contribution >= 4 is 39.5 Å². The lowest BCUT2D eigenvalue weighted by molar-refractivity contribution is -0.000994. The van der Waals surface area contributed by atoms with Crippen LogP contribution < -0.4 is 10.0 Å². The van der Waals surface area contributed by atoms with Crippen molar-refractivity contribution in [2.45, 2.75) is 63.3 Å². The minimum Gasteiger partial charge on any atom is -0.464 e. The van der Waals surface area contributed by atoms with E-state index in [1.54, 1.807) is 18.6 Å². The molecule has 0 saturated heterocycles. The van der Waals surface area contributed by atoms with Crippen LogP contribution in [0.3, 0.4) is 0 Å². The number of carbonyl (C=O) groups is 2. The highest BCUT2D eigenvalue weighted by atomic mass is 32.3. The van der Waals surface area contributed by atoms with Gasteiger partial charge >= 0.3 is 12.1 Å². The van der Waals surface area contributed by atoms with Gasteiger partial charge in [-0.05, 0) is 63.5 Å². The molecule has 0 saturated carbocycles. The quantitative estimate of drug-likeness (QED) is 0.504. The summed E-state index contributed by atoms with van der Waals surface area (Å²) in [5, 5.41) is 11.4. The fraction of sp³-hybridized carbons (Fsp3) is 0.550. The molecule has 1 aromatic rings. The number of carboxylic acid groups (broad SMARTS) is 1. The molecule has 2 aliphatic carbocycles. The molecule has 2 heterocycles. The van der Waals surface area contributed by atoms with Gasteiger partial charge < -0.3 is 15.2 Å². The molecule has 174 valence electrons. The van der Waals surface area contributed by atoms with Crippen LogP contribution in [-0.4, -0.2) is 49.4 Å². The van der Waals surface area contributed by atoms with E-state index in [1.165, 1.54) is 18.2 Å². The van der Waals surface area contributed by atoms with Crippen molar-refractivity contribution < 1.29 is 23.6 Å². The van der Waals surface area contributed by atoms with Crippen LogP contribution in [-0.2, 0) is 40.3 Å². The number of anilines is 1. The Morgan fingerprint density at radius 2 is 1.84 bits per heavy atom. The molecule has 0 fully saturated rings. The summed E-state index contributed by atoms with van der Waals surface area (Å²) in [6, 6.07) is -0.442. The summed E-state index contributed by atoms with van der Waals surface area (Å²) in [6.07, 6.45) is 5.23. The molecule has 0 spiro atoms. The van der Waals surface area contributed by atoms with Gasteiger partial charge in [0.2, 0.25) is 0 Å². The maximum atomic E-state index is 13.5. The summed E-state index contributed by atoms with van der Waals surface area (Å²) in [4.78, 5) is 30.6. The first-order chi connectivity index (χ1) is 15.0. The summed E-state index contributed by atoms with van der Waals surface area (Å²) in [5.74, 6) is 0. The van der Waals surface area contributed by atoms with Crippen LogP contribution in [0.2, 0.25) is 0 Å². The lowest BCUT2D eigenvalue weighted by Crippen LogP contribution is -2.48. The number of urea groups is 1. The highest BCUT2D eigenvalue weighted by Crippen LogP contribution is 2.43. The number of nitrogens with zero attached hydrogens (tertiary/aromatic N) is 2. The van der Waals surface area contributed by atoms with Crippen LogP contribution in [0.4, 0.5) is 15.3 Å². The summed E-state index contributed by atoms with van der Waals surface area (Å²) >= 11 is 0.989. The molecule has 3 aliphatic rings. The highest BCUT2D eigenvalue weighted by Gasteiger charge is 2.44. The average Bonchev–Trinajstić information content (AvgIpc) is 3.45. The van der Waals surface area contributed by atoms with Crippen molar-refractivity contribution in [1.29, 1.82) is 4.78 Å². The number of fused-ring (bicyclic) bond motifs is 2. The van der Waals surface area contributed by atoms with Crippen LogP contribution in [0.1, 0.15) is 49.2 Å². The minimum absolute atomic E-state index is 0.0460. The molecule has 0 aromatic carbocycles. The van der Waals surface area contributed by atoms with Crippen molar-refractivity contribution in [3.05, 3.63) is 33.0 Å². The lowest BCUT2D eigenvalue weighted by Gasteiger charge is -2.35. The first-order valence-electron chi connectivity index (χ1n) is 10.4. The van der Waals surface area contributed by atoms with Crippen LogP contribution in [0.5, 0.6) is 0 Å². The van der Waals surface area contributed by atoms with E-state index in [9.17, 15) is 13.8 Å². The van der Waals surface area contributed by atoms with Crippen molar-refractivity contribution in [2.75, 3.05) is 12.4 Å². The number of rotatable bonds is 5. The van der Waals surface area contributed by atoms with Gasteiger partial charge in [0.1, 0.15) is 9.61 Å². The maximum absolute atomic E-state index is 13.5. The van der Waals surface area contributed by atoms with E-state index in [1.807, 2.05) is 0 Å². The molecular formula is C20H27N5O5S2. The van der Waals surface area contributed by atoms with Crippen molar-refractivity contribution in [3.8, 4) is 0 Å². The number of aromatic nitrogens is 1. The Morgan fingerprint density at radius 3 is 2.38 bits per heavy atom. The number of methoxy groups -OCH3 is 1. The number of amides is 3. The van der Waals surface area contributed by atoms with Crippen LogP contribution >= 0.6 is 11.8 Å². The lowest BCUT2D eigenvalue weighted by atomic mass is 10.1. The molecule has 1 aromatic heterocycles. The molecule has 4 N–H and O–H groups in total. The third-order valence-corrected chi connectivity index (χ3v) is 9.56. The number of aryl methyl sites for hydroxylation is 2. The molecule has 0 radical (unpaired) electrons. The first-order valence-corrected chi connectivity index (χ1v) is 12.8. The number of thioether (sulfide) groups is 1. The topological polar surface area (TPSA) is 145 Å². The fourth-order valence-corrected chi connectivity index (χ4v) is 6.94. The number of hydrogen-bond donors (Lipinski definition) is 4. The van der Waals surface area contributed by atoms with Gasteiger partial charge in [-0.15, -0.1) is 0 Å². The van der Waals surface area contributed by atoms with Gasteiger partial charge in [-0.2, -0.15) is 0 Å². The van der Waals surface area contributed by atoms with Crippen LogP contribution in [0.25, 0.3) is 0 Å². The zero-order valence-electron chi connectivity index (χ0n) is 18.2. The smallest absolute Gasteiger partial charge is 0.417 e. The zero-order valence-corrected chi connectivity index (χ0v) is 19.8. The number of carbonyl (C=O) groups excluding carboxylic acids is 1. The van der Waals surface area contributed by atoms with E-state index in [-0.39, 0.29) is 4.24 Å². The number of nitrogens with one attached hydrogen (secondary N) is 3. The predicted molar refractivity (Wildman–Crippen MR) is 122 cm³/mol. The van der Waals surface area contributed by atoms with Gasteiger partial charge in [-0.25, -0.2) is 23.3 Å². The molecule has 2 unspecified atom stereocenters. The first kappa shape index (κ1) is 22.9. The van der Waals surface area contributed by atoms with Gasteiger partial charge in [0.25, 0.3) is 0 Å². The fourth-order valence-electron chi connectivity index (χ4n) is 4.34. The summed E-state index contributed by atoms with van der Waals surface area (Å²) < 4.78 is 27.9. The third-order valence-electron chi connectivity index (χ3n) is 6.08. The van der Waals surface area contributed by atoms with E-state index in [0.29, 0.717) is 0 Å². The van der Waals surface area contributed by atoms with Gasteiger partial charge in [0.15, 0.2) is 9.92 Å². The number of ether oxygens (including phenoxy) is 1. The van der Waals surface area contributed by atoms with E-state index < -0.39 is 33.0 Å². The van der Waals surface area contributed by atoms with Crippen molar-refractivity contribution in [1.82, 2.24) is 14.6 Å². The Kier molecular flexibility index (Phi) is 5.88. The highest BCUT2D eigenvalue weighted by molar-refractivity contribution is 8.19. The summed E-state index contributed by atoms with van der Waals surface area (Å²) in [6.45, 7) is 3.56. The largest absolute Gasteiger partial charge is 0.464 e. The second-order valence-corrected chi connectivity index (χ2v) is 11.7. The van der Waals surface area contributed by atoms with E-state index >= 15 is 0 Å². The van der Waals surface area contributed by atoms with Crippen LogP contribution in [0, 0.1) is 4.78 Å². The second kappa shape index (κ2) is 8.23. The van der Waals surface area contributed by atoms with E-state index in [2.05, 4.69) is 5.32 Å². The molecule has 32 heavy (non-hydrogen) atoms. The Bertz CT molecular complexity index is 1080. The standard InChI is InChI=1S/C20H27N5O5S2/c1-20(2,30-3)17-25(10-15(31-17)32(21,29)24-19(27)28)18(26)23-16-11-6-4-8-13(11)22-14-9-5-7-12(14)16/h10,17H,4-9H2,1-3H3,(H,27,28)(H2,21,24,29)(H,22,23,26). The summed E-state index contributed by atoms with van der Waals surface area (Å²) in [5.41, 5.74) is 4.20. The van der Waals surface area contributed by atoms with Gasteiger partial charge in [-0.3, -0.25) is 9.88 Å². The van der Waals surface area contributed by atoms with E-state index in [4.69, 9.17) is 19.6 Å². The second-order valence-electron chi connectivity index (χ2n) is 8.57. The molecular weight excluding hydrogens is 454 g/mol. The predicted octanol–water partition coefficient (Wildman–Crippen LogP) is 3.42. The van der Waals surface area contributed by atoms with Gasteiger partial charge in [-0.1, -0.05) is 11.8 Å². The average molecular weight is 482 g/mol. The Balaban J connectivity index is 1.69. The molecule has 1 aliphatic heterocycles. The molecule has 4 rings (SSSR count). The Morgan fingerprint density at radius 1 is 1.25 bits per heavy atom. The Hall–Kier alpha value is -2.31. The monoisotopic (exact) mass is 481 g/mol. The Labute approximate surface area is 191 Å². The van der Waals surface area contributed by atoms with Crippen molar-refractivity contribution in [3.63, 3.8) is 0 Å². The summed E-state index contributed by atoms with van der Waals surface area (Å²) in [7, 11) is -2.33. The maximum Gasteiger partial charge on any atom is 0.417 e. The van der Waals surface area contributed by atoms with Crippen LogP contribution in [0.15, 0.2) is 10.4 Å². The molecule has 10 nitrogen and oxygen atoms in total. The number of hydrogen-bond acceptors (Lipinski definition) is 7. The third kappa shape index (κ3) is 4.06. The minimum atomic E-state index is -3.83.